The summed E-state index contributed by atoms with van der Waals surface area (Å²) in [6.45, 7) is 9.11. The molecular weight excluding hydrogens is 372 g/mol. The van der Waals surface area contributed by atoms with E-state index in [-0.39, 0.29) is 10.9 Å². The van der Waals surface area contributed by atoms with Crippen LogP contribution in [0.15, 0.2) is 46.0 Å². The molecule has 4 nitrogen and oxygen atoms in total. The van der Waals surface area contributed by atoms with Crippen molar-refractivity contribution in [2.45, 2.75) is 20.8 Å². The molecule has 1 saturated heterocycles. The maximum Gasteiger partial charge on any atom is 0.250 e. The number of aryl methyl sites for hydroxylation is 3. The quantitative estimate of drug-likeness (QED) is 0.632. The van der Waals surface area contributed by atoms with Gasteiger partial charge in [0, 0.05) is 36.9 Å². The molecule has 0 aliphatic carbocycles. The minimum Gasteiger partial charge on any atom is -0.368 e. The minimum absolute atomic E-state index is 0.361. The van der Waals surface area contributed by atoms with Gasteiger partial charge in [-0.25, -0.2) is 0 Å². The van der Waals surface area contributed by atoms with Crippen LogP contribution in [0.2, 0.25) is 5.02 Å². The minimum atomic E-state index is -0.369. The first-order valence-electron chi connectivity index (χ1n) is 9.54. The van der Waals surface area contributed by atoms with Gasteiger partial charge in [0.1, 0.15) is 5.69 Å². The predicted octanol–water partition coefficient (Wildman–Crippen LogP) is 3.85. The lowest BCUT2D eigenvalue weighted by Gasteiger charge is -2.38. The maximum atomic E-state index is 12.4. The van der Waals surface area contributed by atoms with Gasteiger partial charge in [0.15, 0.2) is 0 Å². The highest BCUT2D eigenvalue weighted by Crippen LogP contribution is 2.30. The van der Waals surface area contributed by atoms with E-state index in [1.54, 1.807) is 0 Å². The second-order valence-electron chi connectivity index (χ2n) is 7.59. The molecule has 3 aromatic carbocycles. The van der Waals surface area contributed by atoms with Crippen LogP contribution in [-0.2, 0) is 0 Å². The molecular formula is C23H23ClN2O2. The van der Waals surface area contributed by atoms with Crippen LogP contribution in [0.25, 0.3) is 11.1 Å². The van der Waals surface area contributed by atoms with E-state index >= 15 is 0 Å². The van der Waals surface area contributed by atoms with Crippen LogP contribution in [-0.4, -0.2) is 26.2 Å². The molecule has 1 aliphatic rings. The van der Waals surface area contributed by atoms with Gasteiger partial charge in [0.25, 0.3) is 0 Å². The van der Waals surface area contributed by atoms with Crippen molar-refractivity contribution in [3.05, 3.63) is 78.6 Å². The molecule has 5 heteroatoms. The smallest absolute Gasteiger partial charge is 0.250 e. The van der Waals surface area contributed by atoms with E-state index < -0.39 is 0 Å². The van der Waals surface area contributed by atoms with Crippen molar-refractivity contribution in [1.82, 2.24) is 0 Å². The second-order valence-corrected chi connectivity index (χ2v) is 8.02. The molecule has 144 valence electrons. The third kappa shape index (κ3) is 3.12. The Labute approximate surface area is 169 Å². The highest BCUT2D eigenvalue weighted by molar-refractivity contribution is 6.30. The van der Waals surface area contributed by atoms with Gasteiger partial charge >= 0.3 is 0 Å². The summed E-state index contributed by atoms with van der Waals surface area (Å²) in [5.74, 6) is 0. The highest BCUT2D eigenvalue weighted by atomic mass is 35.5. The van der Waals surface area contributed by atoms with Crippen molar-refractivity contribution in [2.75, 3.05) is 36.0 Å². The van der Waals surface area contributed by atoms with E-state index in [1.807, 2.05) is 50.2 Å². The Morgan fingerprint density at radius 1 is 0.750 bits per heavy atom. The third-order valence-corrected chi connectivity index (χ3v) is 6.02. The van der Waals surface area contributed by atoms with Gasteiger partial charge in [-0.1, -0.05) is 35.9 Å². The summed E-state index contributed by atoms with van der Waals surface area (Å²) in [5.41, 5.74) is 5.88. The van der Waals surface area contributed by atoms with Crippen LogP contribution >= 0.6 is 11.6 Å². The zero-order chi connectivity index (χ0) is 20.0. The number of rotatable bonds is 3. The first kappa shape index (κ1) is 18.8. The van der Waals surface area contributed by atoms with Crippen molar-refractivity contribution >= 4 is 23.0 Å². The Balaban J connectivity index is 1.58. The molecule has 0 aromatic heterocycles. The van der Waals surface area contributed by atoms with E-state index in [0.717, 1.165) is 34.9 Å². The lowest BCUT2D eigenvalue weighted by atomic mass is 9.94. The molecule has 0 bridgehead atoms. The molecule has 0 radical (unpaired) electrons. The number of hydrogen-bond acceptors (Lipinski definition) is 4. The molecule has 4 rings (SSSR count). The Morgan fingerprint density at radius 2 is 1.39 bits per heavy atom. The molecule has 0 spiro atoms. The number of piperazine rings is 1. The average molecular weight is 395 g/mol. The first-order chi connectivity index (χ1) is 13.4. The molecule has 0 unspecified atom stereocenters. The van der Waals surface area contributed by atoms with Gasteiger partial charge in [-0.05, 0) is 55.2 Å². The van der Waals surface area contributed by atoms with Crippen molar-refractivity contribution in [3.8, 4) is 11.1 Å². The Hall–Kier alpha value is -2.59. The fourth-order valence-electron chi connectivity index (χ4n) is 3.94. The van der Waals surface area contributed by atoms with E-state index in [0.29, 0.717) is 24.3 Å². The molecule has 1 heterocycles. The van der Waals surface area contributed by atoms with Crippen molar-refractivity contribution < 1.29 is 0 Å². The van der Waals surface area contributed by atoms with Crippen LogP contribution in [0.1, 0.15) is 16.7 Å². The van der Waals surface area contributed by atoms with Crippen LogP contribution < -0.4 is 20.7 Å². The van der Waals surface area contributed by atoms with Gasteiger partial charge in [0.05, 0.1) is 5.56 Å². The SMILES string of the molecule is Cc1ccc(-c2c(N3CCN(c4cc(Cl)ccc4C)CC3)c(=O)c2=O)cc1C. The molecule has 28 heavy (non-hydrogen) atoms. The van der Waals surface area contributed by atoms with E-state index in [2.05, 4.69) is 16.7 Å². The fourth-order valence-corrected chi connectivity index (χ4v) is 4.11. The summed E-state index contributed by atoms with van der Waals surface area (Å²) in [5, 5.41) is 0.725. The van der Waals surface area contributed by atoms with Crippen LogP contribution in [0.3, 0.4) is 0 Å². The average Bonchev–Trinajstić information content (AvgIpc) is 2.69. The number of hydrogen-bond donors (Lipinski definition) is 0. The molecule has 1 aliphatic heterocycles. The number of halogens is 1. The van der Waals surface area contributed by atoms with E-state index in [4.69, 9.17) is 11.6 Å². The summed E-state index contributed by atoms with van der Waals surface area (Å²) < 4.78 is 0. The number of benzene rings is 2. The zero-order valence-electron chi connectivity index (χ0n) is 16.4. The monoisotopic (exact) mass is 394 g/mol. The van der Waals surface area contributed by atoms with Gasteiger partial charge in [-0.3, -0.25) is 9.59 Å². The number of nitrogens with zero attached hydrogens (tertiary/aromatic N) is 2. The lowest BCUT2D eigenvalue weighted by molar-refractivity contribution is 0.649. The first-order valence-corrected chi connectivity index (χ1v) is 9.91. The molecule has 0 atom stereocenters. The van der Waals surface area contributed by atoms with Gasteiger partial charge in [-0.2, -0.15) is 0 Å². The van der Waals surface area contributed by atoms with Crippen molar-refractivity contribution in [1.29, 1.82) is 0 Å². The normalized spacial score (nSPS) is 14.7. The molecule has 1 fully saturated rings. The summed E-state index contributed by atoms with van der Waals surface area (Å²) in [7, 11) is 0. The van der Waals surface area contributed by atoms with Crippen LogP contribution in [0.4, 0.5) is 11.4 Å². The van der Waals surface area contributed by atoms with Crippen LogP contribution in [0.5, 0.6) is 0 Å². The fraction of sp³-hybridized carbons (Fsp3) is 0.304. The molecule has 0 N–H and O–H groups in total. The van der Waals surface area contributed by atoms with E-state index in [1.165, 1.54) is 11.1 Å². The summed E-state index contributed by atoms with van der Waals surface area (Å²) in [4.78, 5) is 29.0. The maximum absolute atomic E-state index is 12.4. The summed E-state index contributed by atoms with van der Waals surface area (Å²) in [6, 6.07) is 11.9. The number of anilines is 2. The zero-order valence-corrected chi connectivity index (χ0v) is 17.1. The third-order valence-electron chi connectivity index (χ3n) is 5.79. The molecule has 3 aromatic rings. The van der Waals surface area contributed by atoms with E-state index in [9.17, 15) is 9.59 Å². The largest absolute Gasteiger partial charge is 0.368 e. The molecule has 0 amide bonds. The lowest BCUT2D eigenvalue weighted by Crippen LogP contribution is -2.51. The molecule has 0 saturated carbocycles. The van der Waals surface area contributed by atoms with Gasteiger partial charge < -0.3 is 9.80 Å². The van der Waals surface area contributed by atoms with Gasteiger partial charge in [0.2, 0.25) is 10.9 Å². The highest BCUT2D eigenvalue weighted by Gasteiger charge is 2.29. The summed E-state index contributed by atoms with van der Waals surface area (Å²) in [6.07, 6.45) is 0. The Bertz CT molecular complexity index is 1120. The van der Waals surface area contributed by atoms with Crippen molar-refractivity contribution in [2.24, 2.45) is 0 Å². The second kappa shape index (κ2) is 7.10. The van der Waals surface area contributed by atoms with Crippen molar-refractivity contribution in [3.63, 3.8) is 0 Å². The predicted molar refractivity (Wildman–Crippen MR) is 117 cm³/mol. The Morgan fingerprint density at radius 3 is 2.07 bits per heavy atom. The van der Waals surface area contributed by atoms with Gasteiger partial charge in [-0.15, -0.1) is 0 Å². The van der Waals surface area contributed by atoms with Crippen LogP contribution in [0, 0.1) is 20.8 Å². The summed E-state index contributed by atoms with van der Waals surface area (Å²) >= 11 is 6.17. The Kier molecular flexibility index (Phi) is 4.76. The topological polar surface area (TPSA) is 40.6 Å². The standard InChI is InChI=1S/C23H23ClN2O2/c1-14-4-6-17(12-16(14)3)20-21(23(28)22(20)27)26-10-8-25(9-11-26)19-13-18(24)7-5-15(19)2/h4-7,12-13H,8-11H2,1-3H3.